The van der Waals surface area contributed by atoms with Crippen molar-refractivity contribution in [3.63, 3.8) is 0 Å². The largest absolute Gasteiger partial charge is 0.490 e. The van der Waals surface area contributed by atoms with E-state index in [0.717, 1.165) is 11.3 Å². The van der Waals surface area contributed by atoms with E-state index in [-0.39, 0.29) is 43.2 Å². The highest BCUT2D eigenvalue weighted by Gasteiger charge is 2.44. The number of hydrogen-bond donors (Lipinski definition) is 3. The van der Waals surface area contributed by atoms with Gasteiger partial charge in [0.05, 0.1) is 40.3 Å². The van der Waals surface area contributed by atoms with Crippen LogP contribution in [0.25, 0.3) is 5.69 Å². The molecule has 0 aliphatic carbocycles. The highest BCUT2D eigenvalue weighted by Crippen LogP contribution is 2.39. The molecule has 12 nitrogen and oxygen atoms in total. The molecule has 5 atom stereocenters. The summed E-state index contributed by atoms with van der Waals surface area (Å²) in [4.78, 5) is 33.4. The van der Waals surface area contributed by atoms with Crippen molar-refractivity contribution in [3.05, 3.63) is 107 Å². The molecule has 2 aromatic carbocycles. The number of piperazine rings is 1. The van der Waals surface area contributed by atoms with E-state index in [4.69, 9.17) is 26.2 Å². The molecule has 4 aromatic rings. The van der Waals surface area contributed by atoms with Gasteiger partial charge in [-0.2, -0.15) is 18.3 Å². The van der Waals surface area contributed by atoms with E-state index in [1.165, 1.54) is 18.7 Å². The van der Waals surface area contributed by atoms with Crippen LogP contribution in [0.3, 0.4) is 0 Å². The molecular weight excluding hydrogens is 787 g/mol. The van der Waals surface area contributed by atoms with Gasteiger partial charge in [0.2, 0.25) is 5.91 Å². The van der Waals surface area contributed by atoms with Gasteiger partial charge in [-0.3, -0.25) is 29.7 Å². The van der Waals surface area contributed by atoms with E-state index < -0.39 is 42.2 Å². The van der Waals surface area contributed by atoms with E-state index in [9.17, 15) is 27.9 Å². The van der Waals surface area contributed by atoms with Crippen molar-refractivity contribution in [2.24, 2.45) is 5.92 Å². The Bertz CT molecular complexity index is 2050. The number of aliphatic hydroxyl groups excluding tert-OH is 1. The number of halogens is 4. The molecule has 3 aliphatic heterocycles. The van der Waals surface area contributed by atoms with Gasteiger partial charge in [0.15, 0.2) is 0 Å². The summed E-state index contributed by atoms with van der Waals surface area (Å²) >= 11 is 6.08. The molecule has 1 amide bonds. The number of para-hydroxylation sites is 1. The van der Waals surface area contributed by atoms with Gasteiger partial charge in [0.25, 0.3) is 0 Å². The van der Waals surface area contributed by atoms with Crippen LogP contribution in [0.15, 0.2) is 85.3 Å². The van der Waals surface area contributed by atoms with E-state index >= 15 is 0 Å². The molecule has 3 aliphatic rings. The number of β-amino-alcohol motifs (C(OH)–C–C–N with tert-alkyl or cyclic N) is 1. The summed E-state index contributed by atoms with van der Waals surface area (Å²) < 4.78 is 52.2. The SMILES string of the molecule is CC(=O)[C@H](Cc1ccccc1)C[C@H](O)CN1CCN(C(C)(C)c2ccn(-c3cncc(Cl)c3)n2)C[C@H]1C(=O)NCC(F)(F)F.CC1(C)N[C@H]2c3ccccc3OC[C@H]2O1. The quantitative estimate of drug-likeness (QED) is 0.159. The minimum atomic E-state index is -4.57. The Labute approximate surface area is 348 Å². The zero-order valence-corrected chi connectivity index (χ0v) is 34.7. The Kier molecular flexibility index (Phi) is 13.8. The van der Waals surface area contributed by atoms with Gasteiger partial charge in [-0.15, -0.1) is 0 Å². The molecule has 2 aromatic heterocycles. The maximum atomic E-state index is 13.2. The molecule has 0 saturated carbocycles. The normalized spacial score (nSPS) is 21.6. The Morgan fingerprint density at radius 3 is 2.51 bits per heavy atom. The molecule has 0 bridgehead atoms. The molecule has 318 valence electrons. The summed E-state index contributed by atoms with van der Waals surface area (Å²) in [6, 6.07) is 20.5. The number of ether oxygens (including phenoxy) is 2. The fraction of sp³-hybridized carbons (Fsp3) is 0.488. The van der Waals surface area contributed by atoms with E-state index in [0.29, 0.717) is 42.5 Å². The number of alkyl halides is 3. The second-order valence-electron chi connectivity index (χ2n) is 16.4. The van der Waals surface area contributed by atoms with Gasteiger partial charge in [-0.25, -0.2) is 4.68 Å². The number of carbonyl (C=O) groups excluding carboxylic acids is 2. The number of nitrogens with one attached hydrogen (secondary N) is 2. The number of Topliss-reactive ketones (excluding diaryl/α,β-unsaturated/α-hetero) is 1. The second kappa shape index (κ2) is 18.5. The van der Waals surface area contributed by atoms with Crippen LogP contribution in [0.1, 0.15) is 63.9 Å². The van der Waals surface area contributed by atoms with Crippen molar-refractivity contribution in [2.75, 3.05) is 39.3 Å². The van der Waals surface area contributed by atoms with Crippen molar-refractivity contribution >= 4 is 23.3 Å². The first-order valence-corrected chi connectivity index (χ1v) is 20.2. The number of hydrogen-bond acceptors (Lipinski definition) is 10. The molecule has 2 saturated heterocycles. The summed E-state index contributed by atoms with van der Waals surface area (Å²) in [5.41, 5.74) is 2.58. The lowest BCUT2D eigenvalue weighted by molar-refractivity contribution is -0.144. The van der Waals surface area contributed by atoms with Crippen molar-refractivity contribution in [3.8, 4) is 11.4 Å². The lowest BCUT2D eigenvalue weighted by Crippen LogP contribution is -2.63. The number of rotatable bonds is 12. The van der Waals surface area contributed by atoms with E-state index in [1.807, 2.05) is 92.5 Å². The van der Waals surface area contributed by atoms with Gasteiger partial charge < -0.3 is 19.9 Å². The topological polar surface area (TPSA) is 134 Å². The lowest BCUT2D eigenvalue weighted by atomic mass is 9.90. The van der Waals surface area contributed by atoms with Crippen LogP contribution in [0.2, 0.25) is 5.02 Å². The predicted molar refractivity (Wildman–Crippen MR) is 217 cm³/mol. The molecule has 5 heterocycles. The van der Waals surface area contributed by atoms with Crippen LogP contribution in [0, 0.1) is 5.92 Å². The average molecular weight is 840 g/mol. The number of aromatic nitrogens is 3. The van der Waals surface area contributed by atoms with Crippen molar-refractivity contribution in [2.45, 2.75) is 89.2 Å². The zero-order chi connectivity index (χ0) is 42.5. The molecule has 3 N–H and O–H groups in total. The number of fused-ring (bicyclic) bond motifs is 3. The Balaban J connectivity index is 0.000000322. The Morgan fingerprint density at radius 2 is 1.80 bits per heavy atom. The summed E-state index contributed by atoms with van der Waals surface area (Å²) in [5, 5.41) is 21.7. The summed E-state index contributed by atoms with van der Waals surface area (Å²) in [6.07, 6.45) is 0.140. The molecule has 7 rings (SSSR count). The molecule has 0 spiro atoms. The van der Waals surface area contributed by atoms with E-state index in [1.54, 1.807) is 28.0 Å². The minimum absolute atomic E-state index is 0.0351. The standard InChI is InChI=1S/C31H38ClF3N6O3.C12H15NO2/c1-21(42)23(13-22-7-5-4-6-8-22)14-26(43)18-39-11-12-40(19-27(39)29(44)37-20-31(33,34)35)30(2,3)28-9-10-41(38-28)25-15-24(32)16-36-17-25;1-12(2)13-11-8-5-3-4-6-9(8)14-7-10(11)15-12/h4-10,15-17,23,26-27,43H,11-14,18-20H2,1-3H3,(H,37,44);3-6,10-11,13H,7H2,1-2H3/t23-,26+,27+;10-,11+/m11/s1. The highest BCUT2D eigenvalue weighted by molar-refractivity contribution is 6.30. The minimum Gasteiger partial charge on any atom is -0.490 e. The molecule has 0 radical (unpaired) electrons. The van der Waals surface area contributed by atoms with Crippen molar-refractivity contribution < 1.29 is 37.3 Å². The molecule has 2 fully saturated rings. The number of carbonyl (C=O) groups is 2. The third-order valence-electron chi connectivity index (χ3n) is 11.1. The van der Waals surface area contributed by atoms with Gasteiger partial charge in [-0.1, -0.05) is 60.1 Å². The van der Waals surface area contributed by atoms with Gasteiger partial charge in [0, 0.05) is 50.1 Å². The third kappa shape index (κ3) is 11.5. The first-order chi connectivity index (χ1) is 27.9. The highest BCUT2D eigenvalue weighted by atomic mass is 35.5. The molecule has 0 unspecified atom stereocenters. The number of ketones is 1. The summed E-state index contributed by atoms with van der Waals surface area (Å²) in [6.45, 7) is 9.56. The van der Waals surface area contributed by atoms with E-state index in [2.05, 4.69) is 16.4 Å². The van der Waals surface area contributed by atoms with Crippen LogP contribution in [0.4, 0.5) is 13.2 Å². The monoisotopic (exact) mass is 839 g/mol. The molecule has 16 heteroatoms. The van der Waals surface area contributed by atoms with Gasteiger partial charge in [-0.05, 0) is 71.2 Å². The fourth-order valence-electron chi connectivity index (χ4n) is 7.94. The van der Waals surface area contributed by atoms with Gasteiger partial charge >= 0.3 is 6.18 Å². The summed E-state index contributed by atoms with van der Waals surface area (Å²) in [5.74, 6) is -0.299. The van der Waals surface area contributed by atoms with Crippen LogP contribution < -0.4 is 15.4 Å². The number of pyridine rings is 1. The van der Waals surface area contributed by atoms with Crippen molar-refractivity contribution in [1.82, 2.24) is 35.2 Å². The molecular formula is C43H53ClF3N7O5. The number of benzene rings is 2. The zero-order valence-electron chi connectivity index (χ0n) is 34.0. The van der Waals surface area contributed by atoms with Crippen LogP contribution in [0.5, 0.6) is 5.75 Å². The maximum absolute atomic E-state index is 13.2. The number of amides is 1. The van der Waals surface area contributed by atoms with Crippen LogP contribution in [-0.4, -0.2) is 111 Å². The maximum Gasteiger partial charge on any atom is 0.405 e. The summed E-state index contributed by atoms with van der Waals surface area (Å²) in [7, 11) is 0. The third-order valence-corrected chi connectivity index (χ3v) is 11.3. The second-order valence-corrected chi connectivity index (χ2v) is 16.8. The Morgan fingerprint density at radius 1 is 1.07 bits per heavy atom. The van der Waals surface area contributed by atoms with Gasteiger partial charge in [0.1, 0.15) is 42.6 Å². The first-order valence-electron chi connectivity index (χ1n) is 19.8. The number of aliphatic hydroxyl groups is 1. The lowest BCUT2D eigenvalue weighted by Gasteiger charge is -2.47. The van der Waals surface area contributed by atoms with Crippen molar-refractivity contribution in [1.29, 1.82) is 0 Å². The number of nitrogens with zero attached hydrogens (tertiary/aromatic N) is 5. The fourth-order valence-corrected chi connectivity index (χ4v) is 8.11. The molecule has 59 heavy (non-hydrogen) atoms. The van der Waals surface area contributed by atoms with Crippen LogP contribution in [-0.2, 0) is 26.3 Å². The van der Waals surface area contributed by atoms with Crippen LogP contribution >= 0.6 is 11.6 Å². The smallest absolute Gasteiger partial charge is 0.405 e. The average Bonchev–Trinajstić information content (AvgIpc) is 3.82. The predicted octanol–water partition coefficient (Wildman–Crippen LogP) is 5.86. The first kappa shape index (κ1) is 44.2. The Hall–Kier alpha value is -4.38.